The molecular formula is C21H33N5O3. The summed E-state index contributed by atoms with van der Waals surface area (Å²) in [6.07, 6.45) is 10.9. The van der Waals surface area contributed by atoms with Gasteiger partial charge in [0.15, 0.2) is 0 Å². The van der Waals surface area contributed by atoms with Crippen molar-refractivity contribution in [2.75, 3.05) is 17.7 Å². The van der Waals surface area contributed by atoms with Crippen LogP contribution in [0.15, 0.2) is 6.20 Å². The first kappa shape index (κ1) is 20.3. The Morgan fingerprint density at radius 2 is 1.93 bits per heavy atom. The molecule has 2 atom stereocenters. The average Bonchev–Trinajstić information content (AvgIpc) is 2.68. The number of primary amides is 1. The van der Waals surface area contributed by atoms with Crippen LogP contribution in [0.1, 0.15) is 81.5 Å². The Morgan fingerprint density at radius 1 is 1.24 bits per heavy atom. The van der Waals surface area contributed by atoms with Gasteiger partial charge in [-0.05, 0) is 71.1 Å². The van der Waals surface area contributed by atoms with Crippen molar-refractivity contribution < 1.29 is 14.6 Å². The lowest BCUT2D eigenvalue weighted by Crippen LogP contribution is -2.54. The number of nitrogens with zero attached hydrogens (tertiary/aromatic N) is 2. The summed E-state index contributed by atoms with van der Waals surface area (Å²) < 4.78 is 5.78. The van der Waals surface area contributed by atoms with E-state index in [-0.39, 0.29) is 22.7 Å². The summed E-state index contributed by atoms with van der Waals surface area (Å²) in [7, 11) is 1.82. The molecule has 29 heavy (non-hydrogen) atoms. The molecule has 5 N–H and O–H groups in total. The number of carbonyl (C=O) groups is 1. The third-order valence-electron chi connectivity index (χ3n) is 7.34. The zero-order valence-electron chi connectivity index (χ0n) is 17.5. The van der Waals surface area contributed by atoms with Crippen molar-refractivity contribution in [2.45, 2.75) is 93.9 Å². The summed E-state index contributed by atoms with van der Waals surface area (Å²) in [5, 5.41) is 17.3. The van der Waals surface area contributed by atoms with Crippen LogP contribution in [0.25, 0.3) is 0 Å². The lowest BCUT2D eigenvalue weighted by molar-refractivity contribution is -0.0891. The number of nitrogens with one attached hydrogen (secondary N) is 2. The van der Waals surface area contributed by atoms with Gasteiger partial charge in [0, 0.05) is 24.9 Å². The molecule has 2 bridgehead atoms. The second-order valence-electron chi connectivity index (χ2n) is 9.55. The van der Waals surface area contributed by atoms with E-state index in [1.807, 2.05) is 14.0 Å². The fourth-order valence-corrected chi connectivity index (χ4v) is 5.40. The Labute approximate surface area is 172 Å². The van der Waals surface area contributed by atoms with Gasteiger partial charge in [0.25, 0.3) is 5.91 Å². The van der Waals surface area contributed by atoms with E-state index in [4.69, 9.17) is 10.5 Å². The Hall–Kier alpha value is -1.93. The van der Waals surface area contributed by atoms with Gasteiger partial charge in [-0.3, -0.25) is 4.79 Å². The molecule has 160 valence electrons. The lowest BCUT2D eigenvalue weighted by atomic mass is 9.63. The molecule has 1 aromatic rings. The molecule has 1 amide bonds. The highest BCUT2D eigenvalue weighted by atomic mass is 16.5. The van der Waals surface area contributed by atoms with Crippen molar-refractivity contribution in [3.8, 4) is 0 Å². The maximum Gasteiger partial charge on any atom is 0.254 e. The van der Waals surface area contributed by atoms with Crippen LogP contribution in [0.4, 0.5) is 11.8 Å². The lowest BCUT2D eigenvalue weighted by Gasteiger charge is -2.52. The zero-order valence-corrected chi connectivity index (χ0v) is 17.5. The van der Waals surface area contributed by atoms with Crippen LogP contribution in [0.2, 0.25) is 0 Å². The standard InChI is InChI=1S/C21H33N5O3/c1-19(28)5-3-4-14(12-19)24-17-15(16(22)27)13-23-18(25-17)26-20-6-9-21(29-2,10-7-20)11-8-20/h13-14,28H,3-12H2,1-2H3,(H2,22,27)(H2,23,24,25,26)/t14?,19-,20?,21?/m0/s1. The zero-order chi connectivity index (χ0) is 20.7. The number of carbonyl (C=O) groups excluding carboxylic acids is 1. The number of anilines is 2. The van der Waals surface area contributed by atoms with Crippen LogP contribution in [0, 0.1) is 0 Å². The summed E-state index contributed by atoms with van der Waals surface area (Å²) in [6, 6.07) is 0.0458. The van der Waals surface area contributed by atoms with E-state index in [0.29, 0.717) is 18.2 Å². The maximum absolute atomic E-state index is 11.9. The number of fused-ring (bicyclic) bond motifs is 3. The van der Waals surface area contributed by atoms with E-state index < -0.39 is 11.5 Å². The van der Waals surface area contributed by atoms with Gasteiger partial charge in [-0.2, -0.15) is 4.98 Å². The van der Waals surface area contributed by atoms with Gasteiger partial charge < -0.3 is 26.2 Å². The van der Waals surface area contributed by atoms with Crippen molar-refractivity contribution in [2.24, 2.45) is 5.73 Å². The Kier molecular flexibility index (Phi) is 5.19. The molecule has 4 saturated carbocycles. The fourth-order valence-electron chi connectivity index (χ4n) is 5.40. The van der Waals surface area contributed by atoms with Gasteiger partial charge in [-0.1, -0.05) is 0 Å². The summed E-state index contributed by atoms with van der Waals surface area (Å²) in [5.74, 6) is 0.416. The highest BCUT2D eigenvalue weighted by Crippen LogP contribution is 2.49. The number of hydrogen-bond donors (Lipinski definition) is 4. The van der Waals surface area contributed by atoms with Crippen molar-refractivity contribution in [3.63, 3.8) is 0 Å². The molecule has 0 aromatic carbocycles. The Morgan fingerprint density at radius 3 is 2.52 bits per heavy atom. The SMILES string of the molecule is COC12CCC(Nc3ncc(C(N)=O)c(NC4CCC[C@](C)(O)C4)n3)(CC1)CC2. The van der Waals surface area contributed by atoms with Crippen LogP contribution in [0.5, 0.6) is 0 Å². The number of ether oxygens (including phenoxy) is 1. The minimum atomic E-state index is -0.700. The van der Waals surface area contributed by atoms with E-state index in [9.17, 15) is 9.90 Å². The smallest absolute Gasteiger partial charge is 0.254 e. The number of rotatable bonds is 6. The molecule has 1 unspecified atom stereocenters. The van der Waals surface area contributed by atoms with Crippen molar-refractivity contribution >= 4 is 17.7 Å². The van der Waals surface area contributed by atoms with Crippen molar-refractivity contribution in [1.82, 2.24) is 9.97 Å². The third-order valence-corrected chi connectivity index (χ3v) is 7.34. The molecule has 1 heterocycles. The number of aliphatic hydroxyl groups is 1. The van der Waals surface area contributed by atoms with Crippen LogP contribution >= 0.6 is 0 Å². The van der Waals surface area contributed by atoms with E-state index in [0.717, 1.165) is 57.8 Å². The first-order valence-electron chi connectivity index (χ1n) is 10.7. The highest BCUT2D eigenvalue weighted by Gasteiger charge is 2.49. The summed E-state index contributed by atoms with van der Waals surface area (Å²) >= 11 is 0. The van der Waals surface area contributed by atoms with E-state index in [1.165, 1.54) is 6.20 Å². The first-order chi connectivity index (χ1) is 13.7. The molecule has 4 aliphatic rings. The molecule has 0 spiro atoms. The molecule has 8 heteroatoms. The van der Waals surface area contributed by atoms with Gasteiger partial charge in [-0.25, -0.2) is 4.98 Å². The Bertz CT molecular complexity index is 757. The molecule has 4 aliphatic carbocycles. The van der Waals surface area contributed by atoms with Gasteiger partial charge in [0.2, 0.25) is 5.95 Å². The van der Waals surface area contributed by atoms with Crippen molar-refractivity contribution in [3.05, 3.63) is 11.8 Å². The van der Waals surface area contributed by atoms with Crippen LogP contribution in [-0.2, 0) is 4.74 Å². The van der Waals surface area contributed by atoms with E-state index in [2.05, 4.69) is 20.6 Å². The molecule has 8 nitrogen and oxygen atoms in total. The minimum Gasteiger partial charge on any atom is -0.390 e. The Balaban J connectivity index is 1.52. The second-order valence-corrected chi connectivity index (χ2v) is 9.55. The van der Waals surface area contributed by atoms with Crippen molar-refractivity contribution in [1.29, 1.82) is 0 Å². The molecule has 0 saturated heterocycles. The summed E-state index contributed by atoms with van der Waals surface area (Å²) in [5.41, 5.74) is 5.17. The molecule has 0 radical (unpaired) electrons. The third kappa shape index (κ3) is 4.19. The normalized spacial score (nSPS) is 36.6. The second kappa shape index (κ2) is 7.40. The number of amides is 1. The van der Waals surface area contributed by atoms with Crippen LogP contribution < -0.4 is 16.4 Å². The van der Waals surface area contributed by atoms with Gasteiger partial charge in [0.05, 0.1) is 16.8 Å². The topological polar surface area (TPSA) is 122 Å². The molecule has 5 rings (SSSR count). The maximum atomic E-state index is 11.9. The molecule has 1 aromatic heterocycles. The largest absolute Gasteiger partial charge is 0.390 e. The predicted octanol–water partition coefficient (Wildman–Crippen LogP) is 2.58. The average molecular weight is 404 g/mol. The summed E-state index contributed by atoms with van der Waals surface area (Å²) in [4.78, 5) is 20.9. The monoisotopic (exact) mass is 403 g/mol. The number of aromatic nitrogens is 2. The number of nitrogens with two attached hydrogens (primary N) is 1. The molecule has 4 fully saturated rings. The van der Waals surface area contributed by atoms with E-state index in [1.54, 1.807) is 0 Å². The molecular weight excluding hydrogens is 370 g/mol. The first-order valence-corrected chi connectivity index (χ1v) is 10.7. The highest BCUT2D eigenvalue weighted by molar-refractivity contribution is 5.97. The van der Waals surface area contributed by atoms with E-state index >= 15 is 0 Å². The summed E-state index contributed by atoms with van der Waals surface area (Å²) in [6.45, 7) is 1.86. The number of hydrogen-bond acceptors (Lipinski definition) is 7. The predicted molar refractivity (Wildman–Crippen MR) is 111 cm³/mol. The van der Waals surface area contributed by atoms with Gasteiger partial charge in [-0.15, -0.1) is 0 Å². The van der Waals surface area contributed by atoms with Crippen LogP contribution in [-0.4, -0.2) is 50.9 Å². The quantitative estimate of drug-likeness (QED) is 0.576. The number of methoxy groups -OCH3 is 1. The van der Waals surface area contributed by atoms with Gasteiger partial charge in [0.1, 0.15) is 5.82 Å². The minimum absolute atomic E-state index is 0.0136. The van der Waals surface area contributed by atoms with Gasteiger partial charge >= 0.3 is 0 Å². The fraction of sp³-hybridized carbons (Fsp3) is 0.762. The van der Waals surface area contributed by atoms with Crippen LogP contribution in [0.3, 0.4) is 0 Å². The molecule has 0 aliphatic heterocycles.